The van der Waals surface area contributed by atoms with Crippen LogP contribution in [0.4, 0.5) is 8.78 Å². The normalized spacial score (nSPS) is 12.1. The summed E-state index contributed by atoms with van der Waals surface area (Å²) in [6.45, 7) is 1.85. The number of hydrogen-bond donors (Lipinski definition) is 0. The van der Waals surface area contributed by atoms with E-state index in [0.29, 0.717) is 21.0 Å². The average molecular weight is 512 g/mol. The van der Waals surface area contributed by atoms with Crippen LogP contribution < -0.4 is 0 Å². The van der Waals surface area contributed by atoms with Gasteiger partial charge in [-0.3, -0.25) is 0 Å². The number of fused-ring (bicyclic) bond motifs is 1. The first-order valence-electron chi connectivity index (χ1n) is 8.76. The average Bonchev–Trinajstić information content (AvgIpc) is 3.00. The van der Waals surface area contributed by atoms with E-state index in [1.165, 1.54) is 36.5 Å². The summed E-state index contributed by atoms with van der Waals surface area (Å²) in [5.74, 6) is 0. The molecule has 0 saturated carbocycles. The van der Waals surface area contributed by atoms with Crippen LogP contribution in [0.2, 0.25) is 5.15 Å². The molecule has 0 aliphatic rings. The van der Waals surface area contributed by atoms with Crippen LogP contribution in [0.25, 0.3) is 22.2 Å². The fraction of sp³-hybridized carbons (Fsp3) is 0.0952. The Kier molecular flexibility index (Phi) is 5.42. The molecule has 4 nitrogen and oxygen atoms in total. The standard InChI is InChI=1S/C21H14BrClF2N2O2S/c1-12-5-7-16(8-6-12)30(28,29)27-19(23)18(17-10-15(22)11-26-21(17)27)13-3-2-4-14(9-13)20(24)25/h2-11,20H,1H3. The highest BCUT2D eigenvalue weighted by Crippen LogP contribution is 2.41. The van der Waals surface area contributed by atoms with Crippen LogP contribution in [-0.2, 0) is 10.0 Å². The summed E-state index contributed by atoms with van der Waals surface area (Å²) in [6, 6.07) is 13.7. The van der Waals surface area contributed by atoms with Gasteiger partial charge in [-0.1, -0.05) is 47.5 Å². The molecule has 0 atom stereocenters. The first kappa shape index (κ1) is 21.0. The van der Waals surface area contributed by atoms with Crippen molar-refractivity contribution in [2.75, 3.05) is 0 Å². The second-order valence-electron chi connectivity index (χ2n) is 6.70. The number of alkyl halides is 2. The van der Waals surface area contributed by atoms with E-state index in [1.54, 1.807) is 24.3 Å². The number of aromatic nitrogens is 2. The Morgan fingerprint density at radius 3 is 2.47 bits per heavy atom. The van der Waals surface area contributed by atoms with Crippen molar-refractivity contribution in [3.05, 3.63) is 81.5 Å². The van der Waals surface area contributed by atoms with E-state index in [1.807, 2.05) is 6.92 Å². The molecule has 0 amide bonds. The Balaban J connectivity index is 2.05. The molecule has 0 radical (unpaired) electrons. The predicted octanol–water partition coefficient (Wildman–Crippen LogP) is 6.60. The van der Waals surface area contributed by atoms with Crippen molar-refractivity contribution in [1.29, 1.82) is 0 Å². The molecule has 2 aromatic heterocycles. The highest BCUT2D eigenvalue weighted by molar-refractivity contribution is 9.10. The van der Waals surface area contributed by atoms with E-state index in [9.17, 15) is 17.2 Å². The molecular weight excluding hydrogens is 498 g/mol. The van der Waals surface area contributed by atoms with Crippen LogP contribution in [-0.4, -0.2) is 17.4 Å². The molecule has 2 heterocycles. The fourth-order valence-electron chi connectivity index (χ4n) is 3.22. The van der Waals surface area contributed by atoms with Crippen molar-refractivity contribution in [2.24, 2.45) is 0 Å². The van der Waals surface area contributed by atoms with Gasteiger partial charge >= 0.3 is 0 Å². The lowest BCUT2D eigenvalue weighted by Gasteiger charge is -2.09. The number of nitrogens with zero attached hydrogens (tertiary/aromatic N) is 2. The predicted molar refractivity (Wildman–Crippen MR) is 117 cm³/mol. The third-order valence-corrected chi connectivity index (χ3v) is 7.26. The molecule has 0 unspecified atom stereocenters. The smallest absolute Gasteiger partial charge is 0.236 e. The summed E-state index contributed by atoms with van der Waals surface area (Å²) < 4.78 is 54.8. The maximum Gasteiger partial charge on any atom is 0.270 e. The van der Waals surface area contributed by atoms with Crippen LogP contribution in [0.3, 0.4) is 0 Å². The number of halogens is 4. The lowest BCUT2D eigenvalue weighted by molar-refractivity contribution is 0.151. The van der Waals surface area contributed by atoms with E-state index < -0.39 is 16.4 Å². The highest BCUT2D eigenvalue weighted by Gasteiger charge is 2.28. The van der Waals surface area contributed by atoms with E-state index in [4.69, 9.17) is 11.6 Å². The zero-order chi connectivity index (χ0) is 21.6. The van der Waals surface area contributed by atoms with Crippen molar-refractivity contribution in [1.82, 2.24) is 8.96 Å². The number of aryl methyl sites for hydroxylation is 1. The van der Waals surface area contributed by atoms with Crippen molar-refractivity contribution >= 4 is 48.6 Å². The first-order valence-corrected chi connectivity index (χ1v) is 11.4. The van der Waals surface area contributed by atoms with Gasteiger partial charge in [-0.05, 0) is 52.7 Å². The molecule has 0 aliphatic heterocycles. The molecule has 0 bridgehead atoms. The first-order chi connectivity index (χ1) is 14.2. The van der Waals surface area contributed by atoms with Crippen molar-refractivity contribution in [3.63, 3.8) is 0 Å². The van der Waals surface area contributed by atoms with Gasteiger partial charge < -0.3 is 0 Å². The molecule has 4 rings (SSSR count). The van der Waals surface area contributed by atoms with Crippen molar-refractivity contribution in [2.45, 2.75) is 18.2 Å². The topological polar surface area (TPSA) is 52.0 Å². The summed E-state index contributed by atoms with van der Waals surface area (Å²) in [5, 5.41) is 0.305. The Morgan fingerprint density at radius 2 is 1.80 bits per heavy atom. The van der Waals surface area contributed by atoms with Crippen LogP contribution >= 0.6 is 27.5 Å². The third-order valence-electron chi connectivity index (χ3n) is 4.67. The van der Waals surface area contributed by atoms with Crippen LogP contribution in [0, 0.1) is 6.92 Å². The molecule has 0 aliphatic carbocycles. The molecule has 4 aromatic rings. The molecule has 0 N–H and O–H groups in total. The van der Waals surface area contributed by atoms with Crippen molar-refractivity contribution < 1.29 is 17.2 Å². The number of hydrogen-bond acceptors (Lipinski definition) is 3. The largest absolute Gasteiger partial charge is 0.270 e. The molecule has 30 heavy (non-hydrogen) atoms. The fourth-order valence-corrected chi connectivity index (χ4v) is 5.48. The van der Waals surface area contributed by atoms with Crippen LogP contribution in [0.15, 0.2) is 70.2 Å². The van der Waals surface area contributed by atoms with Gasteiger partial charge in [-0.25, -0.2) is 26.2 Å². The van der Waals surface area contributed by atoms with Gasteiger partial charge in [-0.2, -0.15) is 0 Å². The Morgan fingerprint density at radius 1 is 1.10 bits per heavy atom. The number of benzene rings is 2. The minimum absolute atomic E-state index is 0.0458. The van der Waals surface area contributed by atoms with E-state index in [-0.39, 0.29) is 21.3 Å². The minimum Gasteiger partial charge on any atom is -0.236 e. The Labute approximate surface area is 185 Å². The summed E-state index contributed by atoms with van der Waals surface area (Å²) in [6.07, 6.45) is -1.21. The van der Waals surface area contributed by atoms with E-state index >= 15 is 0 Å². The van der Waals surface area contributed by atoms with Gasteiger partial charge in [0.05, 0.1) is 4.90 Å². The highest BCUT2D eigenvalue weighted by atomic mass is 79.9. The summed E-state index contributed by atoms with van der Waals surface area (Å²) in [4.78, 5) is 4.30. The minimum atomic E-state index is -4.08. The Hall–Kier alpha value is -2.29. The molecular formula is C21H14BrClF2N2O2S. The monoisotopic (exact) mass is 510 g/mol. The molecule has 2 aromatic carbocycles. The molecule has 9 heteroatoms. The molecule has 0 fully saturated rings. The lowest BCUT2D eigenvalue weighted by atomic mass is 10.0. The van der Waals surface area contributed by atoms with Gasteiger partial charge in [0, 0.05) is 27.2 Å². The number of rotatable bonds is 4. The zero-order valence-corrected chi connectivity index (χ0v) is 18.6. The van der Waals surface area contributed by atoms with Gasteiger partial charge in [0.15, 0.2) is 5.65 Å². The van der Waals surface area contributed by atoms with Crippen LogP contribution in [0.1, 0.15) is 17.6 Å². The molecule has 0 spiro atoms. The zero-order valence-electron chi connectivity index (χ0n) is 15.5. The summed E-state index contributed by atoms with van der Waals surface area (Å²) in [5.41, 5.74) is 1.53. The summed E-state index contributed by atoms with van der Waals surface area (Å²) in [7, 11) is -4.08. The van der Waals surface area contributed by atoms with Gasteiger partial charge in [0.25, 0.3) is 16.4 Å². The summed E-state index contributed by atoms with van der Waals surface area (Å²) >= 11 is 9.91. The molecule has 0 saturated heterocycles. The van der Waals surface area contributed by atoms with E-state index in [2.05, 4.69) is 20.9 Å². The maximum atomic E-state index is 13.4. The SMILES string of the molecule is Cc1ccc(S(=O)(=O)n2c(Cl)c(-c3cccc(C(F)F)c3)c3cc(Br)cnc32)cc1. The van der Waals surface area contributed by atoms with E-state index in [0.717, 1.165) is 9.54 Å². The second kappa shape index (κ2) is 7.76. The number of pyridine rings is 1. The van der Waals surface area contributed by atoms with Gasteiger partial charge in [0.1, 0.15) is 5.15 Å². The quantitative estimate of drug-likeness (QED) is 0.310. The second-order valence-corrected chi connectivity index (χ2v) is 9.76. The van der Waals surface area contributed by atoms with Gasteiger partial charge in [-0.15, -0.1) is 0 Å². The van der Waals surface area contributed by atoms with Gasteiger partial charge in [0.2, 0.25) is 0 Å². The van der Waals surface area contributed by atoms with Crippen LogP contribution in [0.5, 0.6) is 0 Å². The maximum absolute atomic E-state index is 13.4. The van der Waals surface area contributed by atoms with Crippen molar-refractivity contribution in [3.8, 4) is 11.1 Å². The molecule has 154 valence electrons. The Bertz CT molecular complexity index is 1370. The third kappa shape index (κ3) is 3.53. The lowest BCUT2D eigenvalue weighted by Crippen LogP contribution is -2.13.